The highest BCUT2D eigenvalue weighted by Crippen LogP contribution is 1.87. The number of nitrogens with two attached hydrogens (primary N) is 1. The molecule has 0 aromatic carbocycles. The highest BCUT2D eigenvalue weighted by molar-refractivity contribution is 14.1. The van der Waals surface area contributed by atoms with Gasteiger partial charge in [0.2, 0.25) is 5.91 Å². The van der Waals surface area contributed by atoms with Crippen LogP contribution in [0.25, 0.3) is 0 Å². The van der Waals surface area contributed by atoms with Crippen LogP contribution < -0.4 is 5.73 Å². The van der Waals surface area contributed by atoms with E-state index in [9.17, 15) is 9.59 Å². The summed E-state index contributed by atoms with van der Waals surface area (Å²) in [5.41, 5.74) is 4.71. The molecule has 0 aromatic rings. The second kappa shape index (κ2) is 3.82. The molecular formula is C4H6INO2. The van der Waals surface area contributed by atoms with Crippen LogP contribution in [-0.2, 0) is 9.59 Å². The Bertz CT molecular complexity index is 113. The lowest BCUT2D eigenvalue weighted by Gasteiger charge is -1.86. The fourth-order valence-electron chi connectivity index (χ4n) is 0.242. The first-order valence-electron chi connectivity index (χ1n) is 2.02. The maximum atomic E-state index is 10.3. The molecule has 0 radical (unpaired) electrons. The minimum absolute atomic E-state index is 0.113. The van der Waals surface area contributed by atoms with Crippen LogP contribution in [0.2, 0.25) is 0 Å². The van der Waals surface area contributed by atoms with Gasteiger partial charge in [-0.05, 0) is 0 Å². The molecular weight excluding hydrogens is 221 g/mol. The summed E-state index contributed by atoms with van der Waals surface area (Å²) in [7, 11) is 0. The van der Waals surface area contributed by atoms with Crippen molar-refractivity contribution in [2.45, 2.75) is 6.42 Å². The Morgan fingerprint density at radius 3 is 2.12 bits per heavy atom. The Hall–Kier alpha value is -0.130. The molecule has 0 spiro atoms. The average Bonchev–Trinajstić information content (AvgIpc) is 1.65. The van der Waals surface area contributed by atoms with Crippen LogP contribution in [0.15, 0.2) is 0 Å². The van der Waals surface area contributed by atoms with Crippen LogP contribution >= 0.6 is 22.6 Å². The summed E-state index contributed by atoms with van der Waals surface area (Å²) in [6, 6.07) is 0. The maximum absolute atomic E-state index is 10.3. The zero-order valence-corrected chi connectivity index (χ0v) is 6.34. The zero-order valence-electron chi connectivity index (χ0n) is 4.19. The fourth-order valence-corrected chi connectivity index (χ4v) is 0.511. The number of halogens is 1. The van der Waals surface area contributed by atoms with Crippen molar-refractivity contribution in [2.24, 2.45) is 5.73 Å². The first-order chi connectivity index (χ1) is 3.66. The van der Waals surface area contributed by atoms with Crippen LogP contribution in [0, 0.1) is 0 Å². The summed E-state index contributed by atoms with van der Waals surface area (Å²) in [5, 5.41) is 0. The number of carbonyl (C=O) groups is 2. The normalized spacial score (nSPS) is 8.62. The van der Waals surface area contributed by atoms with Crippen LogP contribution in [-0.4, -0.2) is 16.1 Å². The van der Waals surface area contributed by atoms with Crippen molar-refractivity contribution >= 4 is 34.3 Å². The number of primary amides is 1. The van der Waals surface area contributed by atoms with Crippen molar-refractivity contribution in [1.82, 2.24) is 0 Å². The van der Waals surface area contributed by atoms with Crippen molar-refractivity contribution < 1.29 is 9.59 Å². The number of rotatable bonds is 3. The second-order valence-corrected chi connectivity index (χ2v) is 2.08. The van der Waals surface area contributed by atoms with Gasteiger partial charge in [-0.3, -0.25) is 9.59 Å². The molecule has 2 N–H and O–H groups in total. The van der Waals surface area contributed by atoms with E-state index in [0.717, 1.165) is 0 Å². The molecule has 0 aliphatic heterocycles. The van der Waals surface area contributed by atoms with Crippen LogP contribution in [0.5, 0.6) is 0 Å². The van der Waals surface area contributed by atoms with Crippen LogP contribution in [0.3, 0.4) is 0 Å². The van der Waals surface area contributed by atoms with E-state index in [1.165, 1.54) is 0 Å². The smallest absolute Gasteiger partial charge is 0.224 e. The first kappa shape index (κ1) is 7.87. The van der Waals surface area contributed by atoms with Crippen molar-refractivity contribution in [3.63, 3.8) is 0 Å². The molecule has 0 atom stereocenters. The molecule has 0 saturated carbocycles. The number of hydrogen-bond acceptors (Lipinski definition) is 2. The lowest BCUT2D eigenvalue weighted by molar-refractivity contribution is -0.124. The third-order valence-corrected chi connectivity index (χ3v) is 1.37. The van der Waals surface area contributed by atoms with Crippen molar-refractivity contribution in [1.29, 1.82) is 0 Å². The van der Waals surface area contributed by atoms with Gasteiger partial charge in [0.25, 0.3) is 0 Å². The van der Waals surface area contributed by atoms with Crippen molar-refractivity contribution in [3.05, 3.63) is 0 Å². The van der Waals surface area contributed by atoms with Crippen LogP contribution in [0.4, 0.5) is 0 Å². The molecule has 0 heterocycles. The molecule has 8 heavy (non-hydrogen) atoms. The topological polar surface area (TPSA) is 60.2 Å². The van der Waals surface area contributed by atoms with E-state index in [4.69, 9.17) is 5.73 Å². The molecule has 46 valence electrons. The van der Waals surface area contributed by atoms with Crippen molar-refractivity contribution in [2.75, 3.05) is 4.43 Å². The highest BCUT2D eigenvalue weighted by Gasteiger charge is 2.01. The van der Waals surface area contributed by atoms with Gasteiger partial charge in [0.1, 0.15) is 0 Å². The summed E-state index contributed by atoms with van der Waals surface area (Å²) in [6.45, 7) is 0. The largest absolute Gasteiger partial charge is 0.369 e. The predicted octanol–water partition coefficient (Wildman–Crippen LogP) is -0.134. The molecule has 0 aliphatic rings. The van der Waals surface area contributed by atoms with Gasteiger partial charge >= 0.3 is 0 Å². The fraction of sp³-hybridized carbons (Fsp3) is 0.500. The van der Waals surface area contributed by atoms with E-state index < -0.39 is 5.91 Å². The van der Waals surface area contributed by atoms with Gasteiger partial charge in [-0.1, -0.05) is 22.6 Å². The Balaban J connectivity index is 3.40. The quantitative estimate of drug-likeness (QED) is 0.414. The number of Topliss-reactive ketones (excluding diaryl/α,β-unsaturated/α-hetero) is 1. The maximum Gasteiger partial charge on any atom is 0.224 e. The monoisotopic (exact) mass is 227 g/mol. The summed E-state index contributed by atoms with van der Waals surface area (Å²) in [5.74, 6) is -0.662. The Morgan fingerprint density at radius 1 is 1.50 bits per heavy atom. The molecule has 0 aromatic heterocycles. The Labute approximate surface area is 60.8 Å². The molecule has 0 unspecified atom stereocenters. The second-order valence-electron chi connectivity index (χ2n) is 1.32. The first-order valence-corrected chi connectivity index (χ1v) is 3.55. The minimum Gasteiger partial charge on any atom is -0.369 e. The molecule has 1 amide bonds. The lowest BCUT2D eigenvalue weighted by atomic mass is 10.3. The average molecular weight is 227 g/mol. The minimum atomic E-state index is -0.549. The molecule has 0 fully saturated rings. The lowest BCUT2D eigenvalue weighted by Crippen LogP contribution is -2.16. The van der Waals surface area contributed by atoms with Gasteiger partial charge in [-0.2, -0.15) is 0 Å². The SMILES string of the molecule is NC(=O)CC(=O)CI. The summed E-state index contributed by atoms with van der Waals surface area (Å²) >= 11 is 1.89. The Kier molecular flexibility index (Phi) is 3.76. The summed E-state index contributed by atoms with van der Waals surface area (Å²) < 4.78 is 0.362. The zero-order chi connectivity index (χ0) is 6.57. The van der Waals surface area contributed by atoms with E-state index >= 15 is 0 Å². The number of carbonyl (C=O) groups excluding carboxylic acids is 2. The molecule has 0 aliphatic carbocycles. The van der Waals surface area contributed by atoms with E-state index in [2.05, 4.69) is 0 Å². The van der Waals surface area contributed by atoms with E-state index in [1.807, 2.05) is 22.6 Å². The molecule has 0 saturated heterocycles. The van der Waals surface area contributed by atoms with E-state index in [1.54, 1.807) is 0 Å². The van der Waals surface area contributed by atoms with E-state index in [-0.39, 0.29) is 12.2 Å². The molecule has 4 heteroatoms. The van der Waals surface area contributed by atoms with E-state index in [0.29, 0.717) is 4.43 Å². The van der Waals surface area contributed by atoms with Crippen molar-refractivity contribution in [3.8, 4) is 0 Å². The molecule has 3 nitrogen and oxygen atoms in total. The summed E-state index contributed by atoms with van der Waals surface area (Å²) in [4.78, 5) is 20.3. The predicted molar refractivity (Wildman–Crippen MR) is 37.7 cm³/mol. The van der Waals surface area contributed by atoms with Gasteiger partial charge in [0.15, 0.2) is 5.78 Å². The third-order valence-electron chi connectivity index (χ3n) is 0.520. The third kappa shape index (κ3) is 4.04. The standard InChI is InChI=1S/C4H6INO2/c5-2-3(7)1-4(6)8/h1-2H2,(H2,6,8). The molecule has 0 bridgehead atoms. The van der Waals surface area contributed by atoms with Crippen LogP contribution in [0.1, 0.15) is 6.42 Å². The number of amides is 1. The summed E-state index contributed by atoms with van der Waals surface area (Å²) in [6.07, 6.45) is -0.122. The number of hydrogen-bond donors (Lipinski definition) is 1. The molecule has 0 rings (SSSR count). The highest BCUT2D eigenvalue weighted by atomic mass is 127. The van der Waals surface area contributed by atoms with Gasteiger partial charge in [0.05, 0.1) is 10.8 Å². The Morgan fingerprint density at radius 2 is 2.00 bits per heavy atom. The van der Waals surface area contributed by atoms with Gasteiger partial charge in [-0.25, -0.2) is 0 Å². The number of ketones is 1. The van der Waals surface area contributed by atoms with Gasteiger partial charge in [-0.15, -0.1) is 0 Å². The van der Waals surface area contributed by atoms with Gasteiger partial charge in [0, 0.05) is 0 Å². The van der Waals surface area contributed by atoms with Gasteiger partial charge < -0.3 is 5.73 Å². The number of alkyl halides is 1.